The molecule has 0 aliphatic heterocycles. The van der Waals surface area contributed by atoms with Gasteiger partial charge in [0.2, 0.25) is 5.91 Å². The minimum atomic E-state index is -3.12. The highest BCUT2D eigenvalue weighted by molar-refractivity contribution is 5.94. The molecule has 22 heavy (non-hydrogen) atoms. The van der Waals surface area contributed by atoms with Crippen molar-refractivity contribution in [1.29, 1.82) is 0 Å². The molecule has 1 unspecified atom stereocenters. The van der Waals surface area contributed by atoms with Crippen LogP contribution in [0.3, 0.4) is 0 Å². The van der Waals surface area contributed by atoms with E-state index in [2.05, 4.69) is 15.2 Å². The lowest BCUT2D eigenvalue weighted by Gasteiger charge is -2.15. The van der Waals surface area contributed by atoms with Crippen molar-refractivity contribution < 1.29 is 22.7 Å². The summed E-state index contributed by atoms with van der Waals surface area (Å²) in [6, 6.07) is 4.04. The summed E-state index contributed by atoms with van der Waals surface area (Å²) >= 11 is 0. The third-order valence-corrected chi connectivity index (χ3v) is 2.94. The molecule has 8 heteroatoms. The summed E-state index contributed by atoms with van der Waals surface area (Å²) in [5.41, 5.74) is 0.700. The van der Waals surface area contributed by atoms with E-state index in [1.165, 1.54) is 4.68 Å². The number of nitrogens with one attached hydrogen (secondary N) is 1. The molecule has 2 aromatic rings. The Bertz CT molecular complexity index is 673. The van der Waals surface area contributed by atoms with Crippen molar-refractivity contribution >= 4 is 11.6 Å². The molecule has 1 amide bonds. The number of rotatable bonds is 5. The number of carbonyl (C=O) groups is 1. The second-order valence-corrected chi connectivity index (χ2v) is 4.62. The maximum atomic E-state index is 13.1. The van der Waals surface area contributed by atoms with Crippen LogP contribution in [-0.2, 0) is 4.79 Å². The van der Waals surface area contributed by atoms with Gasteiger partial charge in [-0.25, -0.2) is 4.39 Å². The average Bonchev–Trinajstić information content (AvgIpc) is 2.87. The van der Waals surface area contributed by atoms with Gasteiger partial charge < -0.3 is 10.1 Å². The van der Waals surface area contributed by atoms with E-state index in [0.717, 1.165) is 23.9 Å². The zero-order valence-corrected chi connectivity index (χ0v) is 11.9. The van der Waals surface area contributed by atoms with Gasteiger partial charge in [0.15, 0.2) is 5.75 Å². The number of benzene rings is 1. The van der Waals surface area contributed by atoms with Crippen LogP contribution < -0.4 is 10.1 Å². The maximum Gasteiger partial charge on any atom is 0.387 e. The standard InChI is InChI=1S/C14H14F3N3O2/c1-8-5-6-20(19-8)9(2)13(21)18-11-4-3-10(15)7-12(11)22-14(16)17/h3-7,9,14H,1-2H3,(H,18,21). The van der Waals surface area contributed by atoms with Crippen LogP contribution in [0.5, 0.6) is 5.75 Å². The predicted molar refractivity (Wildman–Crippen MR) is 73.3 cm³/mol. The summed E-state index contributed by atoms with van der Waals surface area (Å²) in [5, 5.41) is 6.53. The molecule has 0 saturated heterocycles. The van der Waals surface area contributed by atoms with Gasteiger partial charge in [0.1, 0.15) is 11.9 Å². The first-order valence-corrected chi connectivity index (χ1v) is 6.44. The van der Waals surface area contributed by atoms with Gasteiger partial charge in [0, 0.05) is 12.3 Å². The van der Waals surface area contributed by atoms with Crippen LogP contribution >= 0.6 is 0 Å². The molecule has 1 aromatic carbocycles. The van der Waals surface area contributed by atoms with Crippen LogP contribution in [-0.4, -0.2) is 22.3 Å². The number of alkyl halides is 2. The van der Waals surface area contributed by atoms with E-state index in [4.69, 9.17) is 0 Å². The van der Waals surface area contributed by atoms with Gasteiger partial charge in [-0.15, -0.1) is 0 Å². The number of nitrogens with zero attached hydrogens (tertiary/aromatic N) is 2. The minimum Gasteiger partial charge on any atom is -0.432 e. The SMILES string of the molecule is Cc1ccn(C(C)C(=O)Nc2ccc(F)cc2OC(F)F)n1. The van der Waals surface area contributed by atoms with Crippen molar-refractivity contribution in [2.45, 2.75) is 26.5 Å². The number of ether oxygens (including phenoxy) is 1. The normalized spacial score (nSPS) is 12.3. The lowest BCUT2D eigenvalue weighted by molar-refractivity contribution is -0.119. The summed E-state index contributed by atoms with van der Waals surface area (Å²) in [5.74, 6) is -1.68. The average molecular weight is 313 g/mol. The number of aromatic nitrogens is 2. The molecule has 1 N–H and O–H groups in total. The third kappa shape index (κ3) is 3.78. The Morgan fingerprint density at radius 1 is 1.36 bits per heavy atom. The van der Waals surface area contributed by atoms with E-state index >= 15 is 0 Å². The largest absolute Gasteiger partial charge is 0.432 e. The highest BCUT2D eigenvalue weighted by Crippen LogP contribution is 2.27. The van der Waals surface area contributed by atoms with Gasteiger partial charge in [-0.3, -0.25) is 9.48 Å². The summed E-state index contributed by atoms with van der Waals surface area (Å²) in [4.78, 5) is 12.1. The molecule has 0 aliphatic rings. The van der Waals surface area contributed by atoms with Crippen molar-refractivity contribution in [1.82, 2.24) is 9.78 Å². The van der Waals surface area contributed by atoms with Crippen molar-refractivity contribution in [2.75, 3.05) is 5.32 Å². The summed E-state index contributed by atoms with van der Waals surface area (Å²) in [6.45, 7) is 0.248. The van der Waals surface area contributed by atoms with E-state index in [-0.39, 0.29) is 5.69 Å². The van der Waals surface area contributed by atoms with E-state index in [1.54, 1.807) is 26.1 Å². The first-order chi connectivity index (χ1) is 10.4. The van der Waals surface area contributed by atoms with Crippen LogP contribution in [0.1, 0.15) is 18.7 Å². The van der Waals surface area contributed by atoms with Crippen molar-refractivity contribution in [2.24, 2.45) is 0 Å². The highest BCUT2D eigenvalue weighted by Gasteiger charge is 2.19. The Labute approximate surface area is 124 Å². The van der Waals surface area contributed by atoms with Crippen molar-refractivity contribution in [3.05, 3.63) is 42.0 Å². The van der Waals surface area contributed by atoms with Gasteiger partial charge in [0.25, 0.3) is 0 Å². The molecule has 0 spiro atoms. The molecule has 0 fully saturated rings. The smallest absolute Gasteiger partial charge is 0.387 e. The summed E-state index contributed by atoms with van der Waals surface area (Å²) in [7, 11) is 0. The Kier molecular flexibility index (Phi) is 4.69. The zero-order chi connectivity index (χ0) is 16.3. The van der Waals surface area contributed by atoms with Crippen LogP contribution in [0.4, 0.5) is 18.9 Å². The number of carbonyl (C=O) groups excluding carboxylic acids is 1. The molecule has 1 aromatic heterocycles. The second kappa shape index (κ2) is 6.50. The fourth-order valence-corrected chi connectivity index (χ4v) is 1.80. The molecular weight excluding hydrogens is 299 g/mol. The van der Waals surface area contributed by atoms with Gasteiger partial charge in [-0.1, -0.05) is 0 Å². The second-order valence-electron chi connectivity index (χ2n) is 4.62. The number of anilines is 1. The molecule has 1 heterocycles. The zero-order valence-electron chi connectivity index (χ0n) is 11.9. The van der Waals surface area contributed by atoms with Crippen LogP contribution in [0.25, 0.3) is 0 Å². The molecule has 5 nitrogen and oxygen atoms in total. The molecule has 2 rings (SSSR count). The molecule has 1 atom stereocenters. The van der Waals surface area contributed by atoms with E-state index in [1.807, 2.05) is 0 Å². The number of aryl methyl sites for hydroxylation is 1. The highest BCUT2D eigenvalue weighted by atomic mass is 19.3. The van der Waals surface area contributed by atoms with Crippen LogP contribution in [0.15, 0.2) is 30.5 Å². The fraction of sp³-hybridized carbons (Fsp3) is 0.286. The van der Waals surface area contributed by atoms with Gasteiger partial charge in [-0.2, -0.15) is 13.9 Å². The lowest BCUT2D eigenvalue weighted by atomic mass is 10.2. The lowest BCUT2D eigenvalue weighted by Crippen LogP contribution is -2.24. The Hall–Kier alpha value is -2.51. The Balaban J connectivity index is 2.17. The monoisotopic (exact) mass is 313 g/mol. The molecule has 0 saturated carbocycles. The van der Waals surface area contributed by atoms with Gasteiger partial charge >= 0.3 is 6.61 Å². The van der Waals surface area contributed by atoms with Crippen LogP contribution in [0, 0.1) is 12.7 Å². The number of halogens is 3. The molecular formula is C14H14F3N3O2. The minimum absolute atomic E-state index is 0.0394. The number of amides is 1. The van der Waals surface area contributed by atoms with E-state index < -0.39 is 30.1 Å². The van der Waals surface area contributed by atoms with Crippen molar-refractivity contribution in [3.63, 3.8) is 0 Å². The van der Waals surface area contributed by atoms with E-state index in [9.17, 15) is 18.0 Å². The number of hydrogen-bond donors (Lipinski definition) is 1. The molecule has 0 aliphatic carbocycles. The van der Waals surface area contributed by atoms with Gasteiger partial charge in [0.05, 0.1) is 11.4 Å². The fourth-order valence-electron chi connectivity index (χ4n) is 1.80. The third-order valence-electron chi connectivity index (χ3n) is 2.94. The molecule has 118 valence electrons. The molecule has 0 bridgehead atoms. The van der Waals surface area contributed by atoms with Crippen LogP contribution in [0.2, 0.25) is 0 Å². The Morgan fingerprint density at radius 2 is 2.09 bits per heavy atom. The number of hydrogen-bond acceptors (Lipinski definition) is 3. The van der Waals surface area contributed by atoms with Crippen molar-refractivity contribution in [3.8, 4) is 5.75 Å². The summed E-state index contributed by atoms with van der Waals surface area (Å²) < 4.78 is 43.4. The van der Waals surface area contributed by atoms with E-state index in [0.29, 0.717) is 0 Å². The Morgan fingerprint density at radius 3 is 2.68 bits per heavy atom. The molecule has 0 radical (unpaired) electrons. The first kappa shape index (κ1) is 15.9. The van der Waals surface area contributed by atoms with Gasteiger partial charge in [-0.05, 0) is 32.0 Å². The summed E-state index contributed by atoms with van der Waals surface area (Å²) in [6.07, 6.45) is 1.63. The topological polar surface area (TPSA) is 56.2 Å². The maximum absolute atomic E-state index is 13.1. The quantitative estimate of drug-likeness (QED) is 0.922. The first-order valence-electron chi connectivity index (χ1n) is 6.44. The predicted octanol–water partition coefficient (Wildman–Crippen LogP) is 3.13.